The maximum atomic E-state index is 12.2. The van der Waals surface area contributed by atoms with E-state index in [0.717, 1.165) is 16.5 Å². The highest BCUT2D eigenvalue weighted by molar-refractivity contribution is 9.10. The molecule has 1 heterocycles. The van der Waals surface area contributed by atoms with Crippen LogP contribution in [0.25, 0.3) is 6.08 Å². The molecule has 26 heavy (non-hydrogen) atoms. The van der Waals surface area contributed by atoms with E-state index in [-0.39, 0.29) is 16.7 Å². The number of rotatable bonds is 2. The maximum Gasteiger partial charge on any atom is 0.264 e. The van der Waals surface area contributed by atoms with Gasteiger partial charge in [-0.2, -0.15) is 5.10 Å². The van der Waals surface area contributed by atoms with Gasteiger partial charge in [0.2, 0.25) is 0 Å². The third-order valence-electron chi connectivity index (χ3n) is 6.57. The average Bonchev–Trinajstić information content (AvgIpc) is 3.10. The zero-order valence-electron chi connectivity index (χ0n) is 15.2. The third-order valence-corrected chi connectivity index (χ3v) is 7.96. The van der Waals surface area contributed by atoms with Gasteiger partial charge in [-0.25, -0.2) is 0 Å². The van der Waals surface area contributed by atoms with Crippen molar-refractivity contribution in [3.8, 4) is 0 Å². The quantitative estimate of drug-likeness (QED) is 0.515. The van der Waals surface area contributed by atoms with E-state index in [9.17, 15) is 4.79 Å². The van der Waals surface area contributed by atoms with Crippen LogP contribution in [0.1, 0.15) is 45.6 Å². The lowest BCUT2D eigenvalue weighted by Crippen LogP contribution is -2.32. The second-order valence-corrected chi connectivity index (χ2v) is 10.0. The number of hydrogen-bond acceptors (Lipinski definition) is 4. The highest BCUT2D eigenvalue weighted by Gasteiger charge is 2.60. The first-order valence-corrected chi connectivity index (χ1v) is 10.5. The van der Waals surface area contributed by atoms with Crippen LogP contribution in [0.2, 0.25) is 0 Å². The van der Waals surface area contributed by atoms with E-state index in [1.807, 2.05) is 30.3 Å². The molecule has 2 bridgehead atoms. The van der Waals surface area contributed by atoms with Crippen LogP contribution in [0.4, 0.5) is 0 Å². The summed E-state index contributed by atoms with van der Waals surface area (Å²) < 4.78 is 0.989. The lowest BCUT2D eigenvalue weighted by atomic mass is 9.70. The molecule has 2 atom stereocenters. The minimum atomic E-state index is -0.117. The second kappa shape index (κ2) is 6.34. The van der Waals surface area contributed by atoms with Crippen molar-refractivity contribution >= 4 is 50.6 Å². The summed E-state index contributed by atoms with van der Waals surface area (Å²) in [6.45, 7) is 7.02. The Kier molecular flexibility index (Phi) is 4.39. The number of thioether (sulfide) groups is 1. The minimum absolute atomic E-state index is 0.117. The number of hydrogen-bond donors (Lipinski definition) is 1. The van der Waals surface area contributed by atoms with Gasteiger partial charge in [0.05, 0.1) is 4.91 Å². The Morgan fingerprint density at radius 2 is 2.12 bits per heavy atom. The van der Waals surface area contributed by atoms with Gasteiger partial charge in [0.1, 0.15) is 0 Å². The van der Waals surface area contributed by atoms with Gasteiger partial charge in [0.25, 0.3) is 5.91 Å². The zero-order chi connectivity index (χ0) is 18.5. The standard InChI is InChI=1S/C20H22BrN3OS/c1-19(2)13-7-8-20(19,3)16(11-13)23-24-18-22-17(25)15(26-18)10-12-5-4-6-14(21)9-12/h4-6,9-10,13H,7-8,11H2,1-3H3,(H,22,24,25)/b15-10-,23-16+. The van der Waals surface area contributed by atoms with Gasteiger partial charge in [0, 0.05) is 15.6 Å². The van der Waals surface area contributed by atoms with Crippen LogP contribution in [-0.4, -0.2) is 16.8 Å². The first-order valence-electron chi connectivity index (χ1n) is 8.91. The summed E-state index contributed by atoms with van der Waals surface area (Å²) >= 11 is 4.80. The van der Waals surface area contributed by atoms with Crippen molar-refractivity contribution < 1.29 is 4.79 Å². The van der Waals surface area contributed by atoms with Crippen LogP contribution in [0.5, 0.6) is 0 Å². The lowest BCUT2D eigenvalue weighted by molar-refractivity contribution is -0.115. The Hall–Kier alpha value is -1.40. The number of benzene rings is 1. The summed E-state index contributed by atoms with van der Waals surface area (Å²) in [7, 11) is 0. The molecule has 1 aliphatic heterocycles. The summed E-state index contributed by atoms with van der Waals surface area (Å²) in [6, 6.07) is 7.87. The molecule has 0 radical (unpaired) electrons. The Labute approximate surface area is 166 Å². The molecule has 3 aliphatic rings. The lowest BCUT2D eigenvalue weighted by Gasteiger charge is -2.34. The molecular weight excluding hydrogens is 410 g/mol. The van der Waals surface area contributed by atoms with Crippen LogP contribution >= 0.6 is 27.7 Å². The Balaban J connectivity index is 1.55. The number of fused-ring (bicyclic) bond motifs is 2. The molecule has 1 saturated heterocycles. The van der Waals surface area contributed by atoms with E-state index in [1.54, 1.807) is 0 Å². The maximum absolute atomic E-state index is 12.2. The van der Waals surface area contributed by atoms with Gasteiger partial charge in [-0.05, 0) is 66.1 Å². The third kappa shape index (κ3) is 2.87. The molecular formula is C20H22BrN3OS. The number of nitrogens with zero attached hydrogens (tertiary/aromatic N) is 2. The van der Waals surface area contributed by atoms with Crippen molar-refractivity contribution in [3.63, 3.8) is 0 Å². The molecule has 1 aromatic rings. The first-order chi connectivity index (χ1) is 12.3. The van der Waals surface area contributed by atoms with Crippen molar-refractivity contribution in [1.29, 1.82) is 0 Å². The summed E-state index contributed by atoms with van der Waals surface area (Å²) in [4.78, 5) is 12.9. The molecule has 136 valence electrons. The van der Waals surface area contributed by atoms with Crippen LogP contribution < -0.4 is 5.32 Å². The van der Waals surface area contributed by atoms with Crippen LogP contribution in [0, 0.1) is 16.7 Å². The Morgan fingerprint density at radius 1 is 1.31 bits per heavy atom. The van der Waals surface area contributed by atoms with Gasteiger partial charge < -0.3 is 0 Å². The highest BCUT2D eigenvalue weighted by Crippen LogP contribution is 2.64. The molecule has 2 aliphatic carbocycles. The normalized spacial score (nSPS) is 34.2. The number of carbonyl (C=O) groups excluding carboxylic acids is 1. The van der Waals surface area contributed by atoms with Crippen LogP contribution in [0.15, 0.2) is 43.8 Å². The monoisotopic (exact) mass is 431 g/mol. The number of amidine groups is 1. The average molecular weight is 432 g/mol. The molecule has 3 fully saturated rings. The molecule has 1 aromatic carbocycles. The number of nitrogens with one attached hydrogen (secondary N) is 1. The van der Waals surface area contributed by atoms with E-state index in [1.165, 1.54) is 30.3 Å². The SMILES string of the molecule is CC12CCC(C/C1=N\N=C1/NC(=O)/C(=C/c3cccc(Br)c3)S1)C2(C)C. The fourth-order valence-electron chi connectivity index (χ4n) is 4.41. The minimum Gasteiger partial charge on any atom is -0.299 e. The van der Waals surface area contributed by atoms with Gasteiger partial charge in [-0.3, -0.25) is 10.1 Å². The second-order valence-electron chi connectivity index (χ2n) is 8.07. The highest BCUT2D eigenvalue weighted by atomic mass is 79.9. The van der Waals surface area contributed by atoms with Crippen molar-refractivity contribution in [2.45, 2.75) is 40.0 Å². The predicted octanol–water partition coefficient (Wildman–Crippen LogP) is 5.21. The van der Waals surface area contributed by atoms with Crippen molar-refractivity contribution in [1.82, 2.24) is 5.32 Å². The molecule has 4 rings (SSSR count). The van der Waals surface area contributed by atoms with E-state index in [2.05, 4.69) is 52.2 Å². The molecule has 2 unspecified atom stereocenters. The smallest absolute Gasteiger partial charge is 0.264 e. The zero-order valence-corrected chi connectivity index (χ0v) is 17.6. The van der Waals surface area contributed by atoms with E-state index in [4.69, 9.17) is 0 Å². The summed E-state index contributed by atoms with van der Waals surface area (Å²) in [5.41, 5.74) is 2.57. The Morgan fingerprint density at radius 3 is 2.77 bits per heavy atom. The molecule has 4 nitrogen and oxygen atoms in total. The Bertz CT molecular complexity index is 874. The van der Waals surface area contributed by atoms with Crippen LogP contribution in [0.3, 0.4) is 0 Å². The molecule has 0 aromatic heterocycles. The van der Waals surface area contributed by atoms with E-state index < -0.39 is 0 Å². The van der Waals surface area contributed by atoms with Gasteiger partial charge in [-0.1, -0.05) is 48.8 Å². The molecule has 1 N–H and O–H groups in total. The number of carbonyl (C=O) groups is 1. The fourth-order valence-corrected chi connectivity index (χ4v) is 5.60. The number of halogens is 1. The molecule has 2 saturated carbocycles. The summed E-state index contributed by atoms with van der Waals surface area (Å²) in [5.74, 6) is 0.581. The van der Waals surface area contributed by atoms with Crippen molar-refractivity contribution in [2.24, 2.45) is 27.0 Å². The predicted molar refractivity (Wildman–Crippen MR) is 112 cm³/mol. The summed E-state index contributed by atoms with van der Waals surface area (Å²) in [6.07, 6.45) is 5.37. The van der Waals surface area contributed by atoms with E-state index >= 15 is 0 Å². The van der Waals surface area contributed by atoms with E-state index in [0.29, 0.717) is 16.0 Å². The molecule has 6 heteroatoms. The summed E-state index contributed by atoms with van der Waals surface area (Å²) in [5, 5.41) is 12.3. The van der Waals surface area contributed by atoms with Crippen molar-refractivity contribution in [3.05, 3.63) is 39.2 Å². The topological polar surface area (TPSA) is 53.8 Å². The number of amides is 1. The van der Waals surface area contributed by atoms with Gasteiger partial charge >= 0.3 is 0 Å². The fraction of sp³-hybridized carbons (Fsp3) is 0.450. The van der Waals surface area contributed by atoms with Gasteiger partial charge in [0.15, 0.2) is 5.17 Å². The molecule has 1 amide bonds. The first kappa shape index (κ1) is 18.0. The largest absolute Gasteiger partial charge is 0.299 e. The molecule has 0 spiro atoms. The van der Waals surface area contributed by atoms with Crippen LogP contribution in [-0.2, 0) is 4.79 Å². The van der Waals surface area contributed by atoms with Gasteiger partial charge in [-0.15, -0.1) is 5.10 Å². The van der Waals surface area contributed by atoms with Crippen molar-refractivity contribution in [2.75, 3.05) is 0 Å².